The predicted octanol–water partition coefficient (Wildman–Crippen LogP) is 3.23. The Kier molecular flexibility index (Phi) is 4.12. The van der Waals surface area contributed by atoms with Crippen LogP contribution in [0.5, 0.6) is 0 Å². The fourth-order valence-electron chi connectivity index (χ4n) is 2.37. The Hall–Kier alpha value is -3.02. The Bertz CT molecular complexity index is 894. The van der Waals surface area contributed by atoms with E-state index in [1.165, 1.54) is 6.07 Å². The van der Waals surface area contributed by atoms with Gasteiger partial charge in [-0.1, -0.05) is 0 Å². The van der Waals surface area contributed by atoms with Gasteiger partial charge in [0.05, 0.1) is 16.6 Å². The maximum atomic E-state index is 11.2. The molecule has 122 valence electrons. The number of carboxylic acids is 1. The summed E-state index contributed by atoms with van der Waals surface area (Å²) in [5.74, 6) is -0.276. The lowest BCUT2D eigenvalue weighted by Gasteiger charge is -2.25. The molecule has 24 heavy (non-hydrogen) atoms. The summed E-state index contributed by atoms with van der Waals surface area (Å²) in [4.78, 5) is 26.8. The number of aromatic carboxylic acids is 1. The number of aromatic nitrogens is 3. The lowest BCUT2D eigenvalue weighted by atomic mass is 10.1. The zero-order chi connectivity index (χ0) is 17.3. The van der Waals surface area contributed by atoms with Gasteiger partial charge in [-0.3, -0.25) is 4.98 Å². The molecule has 0 unspecified atom stereocenters. The van der Waals surface area contributed by atoms with Crippen LogP contribution < -0.4 is 4.90 Å². The van der Waals surface area contributed by atoms with Crippen LogP contribution in [-0.2, 0) is 0 Å². The summed E-state index contributed by atoms with van der Waals surface area (Å²) in [6.07, 6.45) is 3.46. The fourth-order valence-corrected chi connectivity index (χ4v) is 2.37. The van der Waals surface area contributed by atoms with E-state index >= 15 is 0 Å². The van der Waals surface area contributed by atoms with Crippen LogP contribution >= 0.6 is 0 Å². The number of nitrogens with zero attached hydrogens (tertiary/aromatic N) is 4. The lowest BCUT2D eigenvalue weighted by Crippen LogP contribution is -2.27. The van der Waals surface area contributed by atoms with E-state index in [4.69, 9.17) is 4.98 Å². The van der Waals surface area contributed by atoms with Gasteiger partial charge in [0, 0.05) is 31.0 Å². The van der Waals surface area contributed by atoms with E-state index in [1.807, 2.05) is 24.1 Å². The number of hydrogen-bond acceptors (Lipinski definition) is 5. The molecule has 0 saturated heterocycles. The molecule has 0 saturated carbocycles. The quantitative estimate of drug-likeness (QED) is 0.794. The SMILES string of the molecule is CC(C)N(C)c1nc2cc(C(=O)O)ccc2nc1-c1cccnc1. The Morgan fingerprint density at radius 2 is 1.96 bits per heavy atom. The van der Waals surface area contributed by atoms with Crippen molar-refractivity contribution < 1.29 is 9.90 Å². The molecule has 0 radical (unpaired) electrons. The molecule has 0 amide bonds. The first kappa shape index (κ1) is 15.9. The van der Waals surface area contributed by atoms with Gasteiger partial charge in [0.2, 0.25) is 0 Å². The molecule has 0 aliphatic heterocycles. The molecule has 2 aromatic heterocycles. The van der Waals surface area contributed by atoms with Crippen LogP contribution in [-0.4, -0.2) is 39.1 Å². The van der Waals surface area contributed by atoms with Crippen LogP contribution in [0.15, 0.2) is 42.7 Å². The number of carboxylic acid groups (broad SMARTS) is 1. The monoisotopic (exact) mass is 322 g/mol. The Labute approximate surface area is 139 Å². The standard InChI is InChI=1S/C18H18N4O2/c1-11(2)22(3)17-16(13-5-4-8-19-10-13)20-14-7-6-12(18(23)24)9-15(14)21-17/h4-11H,1-3H3,(H,23,24). The summed E-state index contributed by atoms with van der Waals surface area (Å²) in [6, 6.07) is 8.79. The van der Waals surface area contributed by atoms with Gasteiger partial charge in [-0.2, -0.15) is 0 Å². The largest absolute Gasteiger partial charge is 0.478 e. The van der Waals surface area contributed by atoms with Crippen LogP contribution in [0.1, 0.15) is 24.2 Å². The number of benzene rings is 1. The molecule has 2 heterocycles. The number of rotatable bonds is 4. The highest BCUT2D eigenvalue weighted by molar-refractivity contribution is 5.93. The second-order valence-electron chi connectivity index (χ2n) is 5.85. The molecule has 0 bridgehead atoms. The van der Waals surface area contributed by atoms with Crippen LogP contribution in [0.2, 0.25) is 0 Å². The van der Waals surface area contributed by atoms with Crippen LogP contribution in [0, 0.1) is 0 Å². The Morgan fingerprint density at radius 1 is 1.17 bits per heavy atom. The normalized spacial score (nSPS) is 11.0. The molecule has 0 aliphatic rings. The van der Waals surface area contributed by atoms with E-state index in [1.54, 1.807) is 24.5 Å². The van der Waals surface area contributed by atoms with Gasteiger partial charge >= 0.3 is 5.97 Å². The molecule has 1 N–H and O–H groups in total. The number of anilines is 1. The Morgan fingerprint density at radius 3 is 2.58 bits per heavy atom. The van der Waals surface area contributed by atoms with Crippen molar-refractivity contribution in [3.05, 3.63) is 48.3 Å². The molecule has 6 heteroatoms. The van der Waals surface area contributed by atoms with Crippen molar-refractivity contribution in [1.82, 2.24) is 15.0 Å². The number of carbonyl (C=O) groups is 1. The third-order valence-electron chi connectivity index (χ3n) is 3.94. The maximum Gasteiger partial charge on any atom is 0.335 e. The van der Waals surface area contributed by atoms with Crippen molar-refractivity contribution >= 4 is 22.8 Å². The topological polar surface area (TPSA) is 79.2 Å². The van der Waals surface area contributed by atoms with Crippen molar-refractivity contribution in [3.63, 3.8) is 0 Å². The number of fused-ring (bicyclic) bond motifs is 1. The summed E-state index contributed by atoms with van der Waals surface area (Å²) in [5.41, 5.74) is 3.01. The van der Waals surface area contributed by atoms with Crippen molar-refractivity contribution in [2.45, 2.75) is 19.9 Å². The van der Waals surface area contributed by atoms with E-state index in [0.717, 1.165) is 11.3 Å². The third kappa shape index (κ3) is 2.90. The summed E-state index contributed by atoms with van der Waals surface area (Å²) in [7, 11) is 1.95. The van der Waals surface area contributed by atoms with Gasteiger partial charge < -0.3 is 10.0 Å². The molecular formula is C18H18N4O2. The van der Waals surface area contributed by atoms with E-state index in [-0.39, 0.29) is 11.6 Å². The Balaban J connectivity index is 2.27. The number of pyridine rings is 1. The van der Waals surface area contributed by atoms with E-state index in [0.29, 0.717) is 16.9 Å². The van der Waals surface area contributed by atoms with Crippen molar-refractivity contribution in [2.75, 3.05) is 11.9 Å². The van der Waals surface area contributed by atoms with Gasteiger partial charge in [0.1, 0.15) is 5.69 Å². The molecule has 3 aromatic rings. The fraction of sp³-hybridized carbons (Fsp3) is 0.222. The average molecular weight is 322 g/mol. The van der Waals surface area contributed by atoms with Gasteiger partial charge in [-0.25, -0.2) is 14.8 Å². The molecule has 0 atom stereocenters. The number of hydrogen-bond donors (Lipinski definition) is 1. The van der Waals surface area contributed by atoms with Gasteiger partial charge in [0.15, 0.2) is 5.82 Å². The molecule has 0 fully saturated rings. The second kappa shape index (κ2) is 6.23. The average Bonchev–Trinajstić information content (AvgIpc) is 2.60. The predicted molar refractivity (Wildman–Crippen MR) is 93.3 cm³/mol. The molecule has 0 spiro atoms. The zero-order valence-corrected chi connectivity index (χ0v) is 13.8. The highest BCUT2D eigenvalue weighted by Crippen LogP contribution is 2.29. The molecule has 6 nitrogen and oxygen atoms in total. The van der Waals surface area contributed by atoms with Crippen LogP contribution in [0.25, 0.3) is 22.3 Å². The van der Waals surface area contributed by atoms with Crippen molar-refractivity contribution in [3.8, 4) is 11.3 Å². The highest BCUT2D eigenvalue weighted by atomic mass is 16.4. The van der Waals surface area contributed by atoms with Crippen molar-refractivity contribution in [2.24, 2.45) is 0 Å². The first-order chi connectivity index (χ1) is 11.5. The second-order valence-corrected chi connectivity index (χ2v) is 5.85. The smallest absolute Gasteiger partial charge is 0.335 e. The minimum Gasteiger partial charge on any atom is -0.478 e. The van der Waals surface area contributed by atoms with E-state index in [9.17, 15) is 9.90 Å². The minimum absolute atomic E-state index is 0.198. The summed E-state index contributed by atoms with van der Waals surface area (Å²) in [5, 5.41) is 9.18. The van der Waals surface area contributed by atoms with Gasteiger partial charge in [-0.15, -0.1) is 0 Å². The van der Waals surface area contributed by atoms with E-state index < -0.39 is 5.97 Å². The maximum absolute atomic E-state index is 11.2. The summed E-state index contributed by atoms with van der Waals surface area (Å²) in [6.45, 7) is 4.12. The van der Waals surface area contributed by atoms with Gasteiger partial charge in [0.25, 0.3) is 0 Å². The first-order valence-corrected chi connectivity index (χ1v) is 7.65. The highest BCUT2D eigenvalue weighted by Gasteiger charge is 2.17. The first-order valence-electron chi connectivity index (χ1n) is 7.65. The summed E-state index contributed by atoms with van der Waals surface area (Å²) < 4.78 is 0. The van der Waals surface area contributed by atoms with Crippen LogP contribution in [0.3, 0.4) is 0 Å². The zero-order valence-electron chi connectivity index (χ0n) is 13.8. The summed E-state index contributed by atoms with van der Waals surface area (Å²) >= 11 is 0. The van der Waals surface area contributed by atoms with Gasteiger partial charge in [-0.05, 0) is 44.2 Å². The molecule has 1 aromatic carbocycles. The van der Waals surface area contributed by atoms with E-state index in [2.05, 4.69) is 23.8 Å². The lowest BCUT2D eigenvalue weighted by molar-refractivity contribution is 0.0697. The molecule has 3 rings (SSSR count). The van der Waals surface area contributed by atoms with Crippen molar-refractivity contribution in [1.29, 1.82) is 0 Å². The van der Waals surface area contributed by atoms with Crippen LogP contribution in [0.4, 0.5) is 5.82 Å². The third-order valence-corrected chi connectivity index (χ3v) is 3.94. The minimum atomic E-state index is -0.978. The molecule has 0 aliphatic carbocycles. The molecular weight excluding hydrogens is 304 g/mol.